The van der Waals surface area contributed by atoms with Crippen LogP contribution in [-0.2, 0) is 4.74 Å². The van der Waals surface area contributed by atoms with E-state index in [-0.39, 0.29) is 17.7 Å². The average molecular weight is 306 g/mol. The SMILES string of the molecule is COC1(CNC(=O)NC(C)CC(O)c2ccccc2)CCC1. The summed E-state index contributed by atoms with van der Waals surface area (Å²) in [7, 11) is 1.69. The Morgan fingerprint density at radius 3 is 2.59 bits per heavy atom. The molecule has 0 radical (unpaired) electrons. The summed E-state index contributed by atoms with van der Waals surface area (Å²) in [5, 5.41) is 15.9. The smallest absolute Gasteiger partial charge is 0.315 e. The minimum atomic E-state index is -0.576. The molecule has 0 saturated heterocycles. The Morgan fingerprint density at radius 1 is 1.36 bits per heavy atom. The van der Waals surface area contributed by atoms with Crippen LogP contribution < -0.4 is 10.6 Å². The zero-order chi connectivity index (χ0) is 16.0. The maximum Gasteiger partial charge on any atom is 0.315 e. The summed E-state index contributed by atoms with van der Waals surface area (Å²) in [6, 6.07) is 9.15. The Labute approximate surface area is 132 Å². The first-order chi connectivity index (χ1) is 10.5. The highest BCUT2D eigenvalue weighted by atomic mass is 16.5. The van der Waals surface area contributed by atoms with Crippen molar-refractivity contribution in [1.29, 1.82) is 0 Å². The number of aliphatic hydroxyl groups is 1. The number of aliphatic hydroxyl groups excluding tert-OH is 1. The normalized spacial score (nSPS) is 18.9. The number of carbonyl (C=O) groups is 1. The van der Waals surface area contributed by atoms with Crippen LogP contribution in [0.1, 0.15) is 44.3 Å². The van der Waals surface area contributed by atoms with Crippen LogP contribution in [0.15, 0.2) is 30.3 Å². The molecule has 1 aromatic rings. The van der Waals surface area contributed by atoms with Gasteiger partial charge in [-0.2, -0.15) is 0 Å². The summed E-state index contributed by atoms with van der Waals surface area (Å²) in [6.07, 6.45) is 3.04. The maximum absolute atomic E-state index is 11.9. The fourth-order valence-electron chi connectivity index (χ4n) is 2.75. The molecule has 0 heterocycles. The summed E-state index contributed by atoms with van der Waals surface area (Å²) in [4.78, 5) is 11.9. The molecule has 2 rings (SSSR count). The fraction of sp³-hybridized carbons (Fsp3) is 0.588. The highest BCUT2D eigenvalue weighted by Gasteiger charge is 2.37. The number of carbonyl (C=O) groups excluding carboxylic acids is 1. The number of benzene rings is 1. The first-order valence-corrected chi connectivity index (χ1v) is 7.87. The van der Waals surface area contributed by atoms with Crippen molar-refractivity contribution in [3.05, 3.63) is 35.9 Å². The summed E-state index contributed by atoms with van der Waals surface area (Å²) in [5.41, 5.74) is 0.689. The second-order valence-corrected chi connectivity index (χ2v) is 6.13. The molecule has 5 nitrogen and oxygen atoms in total. The topological polar surface area (TPSA) is 70.6 Å². The van der Waals surface area contributed by atoms with Crippen LogP contribution in [0.3, 0.4) is 0 Å². The van der Waals surface area contributed by atoms with E-state index in [1.54, 1.807) is 7.11 Å². The van der Waals surface area contributed by atoms with Gasteiger partial charge in [-0.25, -0.2) is 4.79 Å². The molecule has 0 spiro atoms. The van der Waals surface area contributed by atoms with Gasteiger partial charge in [0, 0.05) is 19.7 Å². The van der Waals surface area contributed by atoms with E-state index in [0.717, 1.165) is 24.8 Å². The third-order valence-corrected chi connectivity index (χ3v) is 4.41. The molecule has 1 fully saturated rings. The van der Waals surface area contributed by atoms with Gasteiger partial charge in [0.15, 0.2) is 0 Å². The van der Waals surface area contributed by atoms with Gasteiger partial charge in [-0.3, -0.25) is 0 Å². The minimum absolute atomic E-state index is 0.116. The molecule has 0 aromatic heterocycles. The predicted molar refractivity (Wildman–Crippen MR) is 85.6 cm³/mol. The van der Waals surface area contributed by atoms with Gasteiger partial charge in [-0.15, -0.1) is 0 Å². The van der Waals surface area contributed by atoms with Crippen LogP contribution >= 0.6 is 0 Å². The number of nitrogens with one attached hydrogen (secondary N) is 2. The first kappa shape index (κ1) is 16.8. The zero-order valence-corrected chi connectivity index (χ0v) is 13.3. The molecular weight excluding hydrogens is 280 g/mol. The summed E-state index contributed by atoms with van der Waals surface area (Å²) >= 11 is 0. The summed E-state index contributed by atoms with van der Waals surface area (Å²) in [5.74, 6) is 0. The lowest BCUT2D eigenvalue weighted by atomic mass is 9.80. The van der Waals surface area contributed by atoms with Gasteiger partial charge in [-0.1, -0.05) is 30.3 Å². The quantitative estimate of drug-likeness (QED) is 0.724. The second kappa shape index (κ2) is 7.61. The molecule has 0 bridgehead atoms. The Hall–Kier alpha value is -1.59. The van der Waals surface area contributed by atoms with Crippen LogP contribution in [0.2, 0.25) is 0 Å². The van der Waals surface area contributed by atoms with Crippen molar-refractivity contribution in [3.8, 4) is 0 Å². The molecule has 122 valence electrons. The molecule has 0 aliphatic heterocycles. The van der Waals surface area contributed by atoms with Gasteiger partial charge in [0.05, 0.1) is 11.7 Å². The first-order valence-electron chi connectivity index (χ1n) is 7.87. The molecule has 5 heteroatoms. The predicted octanol–water partition coefficient (Wildman–Crippen LogP) is 2.37. The number of urea groups is 1. The lowest BCUT2D eigenvalue weighted by Gasteiger charge is -2.40. The van der Waals surface area contributed by atoms with Crippen LogP contribution in [-0.4, -0.2) is 36.4 Å². The molecule has 2 amide bonds. The molecule has 1 aromatic carbocycles. The van der Waals surface area contributed by atoms with Gasteiger partial charge in [-0.05, 0) is 38.2 Å². The largest absolute Gasteiger partial charge is 0.388 e. The van der Waals surface area contributed by atoms with E-state index in [2.05, 4.69) is 10.6 Å². The number of hydrogen-bond donors (Lipinski definition) is 3. The van der Waals surface area contributed by atoms with Crippen LogP contribution in [0.25, 0.3) is 0 Å². The van der Waals surface area contributed by atoms with Gasteiger partial charge >= 0.3 is 6.03 Å². The molecule has 1 saturated carbocycles. The third kappa shape index (κ3) is 4.45. The Morgan fingerprint density at radius 2 is 2.05 bits per heavy atom. The van der Waals surface area contributed by atoms with Gasteiger partial charge in [0.1, 0.15) is 0 Å². The van der Waals surface area contributed by atoms with E-state index >= 15 is 0 Å². The second-order valence-electron chi connectivity index (χ2n) is 6.13. The van der Waals surface area contributed by atoms with Crippen LogP contribution in [0.5, 0.6) is 0 Å². The van der Waals surface area contributed by atoms with Crippen molar-refractivity contribution in [2.24, 2.45) is 0 Å². The molecule has 3 N–H and O–H groups in total. The van der Waals surface area contributed by atoms with E-state index in [1.165, 1.54) is 0 Å². The minimum Gasteiger partial charge on any atom is -0.388 e. The van der Waals surface area contributed by atoms with E-state index in [0.29, 0.717) is 13.0 Å². The highest BCUT2D eigenvalue weighted by Crippen LogP contribution is 2.34. The van der Waals surface area contributed by atoms with E-state index in [1.807, 2.05) is 37.3 Å². The lowest BCUT2D eigenvalue weighted by molar-refractivity contribution is -0.0674. The Bertz CT molecular complexity index is 469. The molecule has 1 aliphatic carbocycles. The van der Waals surface area contributed by atoms with Gasteiger partial charge < -0.3 is 20.5 Å². The zero-order valence-electron chi connectivity index (χ0n) is 13.3. The summed E-state index contributed by atoms with van der Waals surface area (Å²) in [6.45, 7) is 2.42. The molecule has 22 heavy (non-hydrogen) atoms. The standard InChI is InChI=1S/C17H26N2O3/c1-13(11-15(20)14-7-4-3-5-8-14)19-16(21)18-12-17(22-2)9-6-10-17/h3-5,7-8,13,15,20H,6,9-12H2,1-2H3,(H2,18,19,21). The van der Waals surface area contributed by atoms with Crippen molar-refractivity contribution in [3.63, 3.8) is 0 Å². The fourth-order valence-corrected chi connectivity index (χ4v) is 2.75. The van der Waals surface area contributed by atoms with Crippen molar-refractivity contribution in [1.82, 2.24) is 10.6 Å². The van der Waals surface area contributed by atoms with Crippen molar-refractivity contribution >= 4 is 6.03 Å². The Balaban J connectivity index is 1.72. The van der Waals surface area contributed by atoms with Crippen molar-refractivity contribution < 1.29 is 14.6 Å². The van der Waals surface area contributed by atoms with Gasteiger partial charge in [0.25, 0.3) is 0 Å². The monoisotopic (exact) mass is 306 g/mol. The lowest BCUT2D eigenvalue weighted by Crippen LogP contribution is -2.52. The molecule has 2 atom stereocenters. The van der Waals surface area contributed by atoms with Crippen LogP contribution in [0, 0.1) is 0 Å². The Kier molecular flexibility index (Phi) is 5.80. The summed E-state index contributed by atoms with van der Waals surface area (Å²) < 4.78 is 5.47. The van der Waals surface area contributed by atoms with Crippen molar-refractivity contribution in [2.45, 2.75) is 50.4 Å². The van der Waals surface area contributed by atoms with E-state index in [9.17, 15) is 9.90 Å². The number of ether oxygens (including phenoxy) is 1. The molecule has 1 aliphatic rings. The average Bonchev–Trinajstić information content (AvgIpc) is 2.47. The van der Waals surface area contributed by atoms with Gasteiger partial charge in [0.2, 0.25) is 0 Å². The van der Waals surface area contributed by atoms with Crippen molar-refractivity contribution in [2.75, 3.05) is 13.7 Å². The molecular formula is C17H26N2O3. The number of hydrogen-bond acceptors (Lipinski definition) is 3. The van der Waals surface area contributed by atoms with Crippen LogP contribution in [0.4, 0.5) is 4.79 Å². The molecule has 2 unspecified atom stereocenters. The van der Waals surface area contributed by atoms with E-state index < -0.39 is 6.10 Å². The maximum atomic E-state index is 11.9. The highest BCUT2D eigenvalue weighted by molar-refractivity contribution is 5.74. The third-order valence-electron chi connectivity index (χ3n) is 4.41. The number of methoxy groups -OCH3 is 1. The van der Waals surface area contributed by atoms with E-state index in [4.69, 9.17) is 4.74 Å². The number of rotatable bonds is 7. The number of amides is 2.